The standard InChI is InChI=1S/C27H32N8O2/c36-27(31-21-5-2-1-3-6-21)33-13-4-14-34-19-22(17-29-34)30-26-28-18-23-9-12-25(35(23)32-26)20-7-10-24(11-8-20)37-16-15-33/h7-12,17-19,21H,1-6,13-16H2,(H,30,32)(H,31,36). The molecule has 37 heavy (non-hydrogen) atoms. The van der Waals surface area contributed by atoms with Crippen molar-refractivity contribution in [2.24, 2.45) is 0 Å². The van der Waals surface area contributed by atoms with Gasteiger partial charge in [0.05, 0.1) is 35.8 Å². The molecular formula is C27H32N8O2. The molecule has 4 aromatic rings. The monoisotopic (exact) mass is 500 g/mol. The summed E-state index contributed by atoms with van der Waals surface area (Å²) in [7, 11) is 0. The second-order valence-corrected chi connectivity index (χ2v) is 9.75. The van der Waals surface area contributed by atoms with Gasteiger partial charge in [0.1, 0.15) is 12.4 Å². The van der Waals surface area contributed by atoms with Crippen LogP contribution < -0.4 is 15.4 Å². The van der Waals surface area contributed by atoms with Crippen molar-refractivity contribution in [3.8, 4) is 17.0 Å². The molecule has 0 atom stereocenters. The van der Waals surface area contributed by atoms with Crippen LogP contribution in [0.2, 0.25) is 0 Å². The maximum absolute atomic E-state index is 13.1. The van der Waals surface area contributed by atoms with E-state index in [1.54, 1.807) is 12.4 Å². The van der Waals surface area contributed by atoms with Crippen molar-refractivity contribution in [1.82, 2.24) is 34.6 Å². The Kier molecular flexibility index (Phi) is 6.62. The lowest BCUT2D eigenvalue weighted by Crippen LogP contribution is -2.47. The highest BCUT2D eigenvalue weighted by molar-refractivity contribution is 5.74. The van der Waals surface area contributed by atoms with Crippen molar-refractivity contribution in [2.75, 3.05) is 25.0 Å². The molecule has 0 saturated heterocycles. The first-order chi connectivity index (χ1) is 18.2. The van der Waals surface area contributed by atoms with Crippen LogP contribution in [-0.4, -0.2) is 61.0 Å². The summed E-state index contributed by atoms with van der Waals surface area (Å²) in [5.74, 6) is 1.27. The van der Waals surface area contributed by atoms with Crippen LogP contribution in [0.4, 0.5) is 16.4 Å². The molecule has 1 saturated carbocycles. The molecule has 7 rings (SSSR count). The lowest BCUT2D eigenvalue weighted by atomic mass is 9.96. The minimum atomic E-state index is -0.00627. The number of carbonyl (C=O) groups excluding carboxylic acids is 1. The Hall–Kier alpha value is -4.08. The molecule has 2 aliphatic heterocycles. The second-order valence-electron chi connectivity index (χ2n) is 9.75. The number of carbonyl (C=O) groups is 1. The Labute approximate surface area is 215 Å². The minimum Gasteiger partial charge on any atom is -0.492 e. The smallest absolute Gasteiger partial charge is 0.317 e. The topological polar surface area (TPSA) is 102 Å². The molecule has 0 spiro atoms. The van der Waals surface area contributed by atoms with Crippen molar-refractivity contribution in [3.05, 3.63) is 55.0 Å². The van der Waals surface area contributed by atoms with Crippen LogP contribution in [-0.2, 0) is 6.54 Å². The zero-order valence-corrected chi connectivity index (χ0v) is 20.8. The van der Waals surface area contributed by atoms with Gasteiger partial charge in [0.15, 0.2) is 0 Å². The Morgan fingerprint density at radius 2 is 1.84 bits per heavy atom. The number of hydrogen-bond acceptors (Lipinski definition) is 6. The first kappa shape index (κ1) is 23.3. The number of rotatable bonds is 1. The number of nitrogens with zero attached hydrogens (tertiary/aromatic N) is 6. The lowest BCUT2D eigenvalue weighted by Gasteiger charge is -2.28. The minimum absolute atomic E-state index is 0.00627. The van der Waals surface area contributed by atoms with Crippen molar-refractivity contribution >= 4 is 23.2 Å². The Morgan fingerprint density at radius 3 is 2.70 bits per heavy atom. The largest absolute Gasteiger partial charge is 0.492 e. The van der Waals surface area contributed by atoms with Crippen LogP contribution in [0.5, 0.6) is 5.75 Å². The van der Waals surface area contributed by atoms with E-state index in [-0.39, 0.29) is 12.1 Å². The molecule has 10 heteroatoms. The van der Waals surface area contributed by atoms with Gasteiger partial charge in [-0.15, -0.1) is 5.10 Å². The fourth-order valence-corrected chi connectivity index (χ4v) is 5.10. The lowest BCUT2D eigenvalue weighted by molar-refractivity contribution is 0.174. The van der Waals surface area contributed by atoms with E-state index >= 15 is 0 Å². The molecule has 2 amide bonds. The van der Waals surface area contributed by atoms with Gasteiger partial charge in [-0.2, -0.15) is 5.10 Å². The number of nitrogens with one attached hydrogen (secondary N) is 2. The molecule has 3 aromatic heterocycles. The average molecular weight is 501 g/mol. The van der Waals surface area contributed by atoms with Crippen LogP contribution >= 0.6 is 0 Å². The van der Waals surface area contributed by atoms with Gasteiger partial charge in [-0.25, -0.2) is 14.3 Å². The summed E-state index contributed by atoms with van der Waals surface area (Å²) in [5, 5.41) is 15.7. The van der Waals surface area contributed by atoms with Crippen LogP contribution in [0.25, 0.3) is 16.8 Å². The van der Waals surface area contributed by atoms with Gasteiger partial charge in [0.2, 0.25) is 5.95 Å². The van der Waals surface area contributed by atoms with Crippen molar-refractivity contribution < 1.29 is 9.53 Å². The summed E-state index contributed by atoms with van der Waals surface area (Å²) >= 11 is 0. The van der Waals surface area contributed by atoms with Gasteiger partial charge in [-0.3, -0.25) is 4.68 Å². The molecule has 3 aliphatic rings. The SMILES string of the molecule is O=C(NC1CCCCC1)N1CCCn2cc(cn2)Nc2ncc3ccc(n3n2)-c2ccc(cc2)OCC1. The molecule has 5 heterocycles. The van der Waals surface area contributed by atoms with Crippen LogP contribution in [0.15, 0.2) is 55.0 Å². The highest BCUT2D eigenvalue weighted by atomic mass is 16.5. The highest BCUT2D eigenvalue weighted by Gasteiger charge is 2.20. The third-order valence-corrected chi connectivity index (χ3v) is 7.10. The third-order valence-electron chi connectivity index (χ3n) is 7.10. The summed E-state index contributed by atoms with van der Waals surface area (Å²) < 4.78 is 9.79. The van der Waals surface area contributed by atoms with Gasteiger partial charge in [-0.05, 0) is 55.7 Å². The second kappa shape index (κ2) is 10.5. The fraction of sp³-hybridized carbons (Fsp3) is 0.407. The van der Waals surface area contributed by atoms with Crippen molar-refractivity contribution in [3.63, 3.8) is 0 Å². The van der Waals surface area contributed by atoms with E-state index in [0.29, 0.717) is 32.2 Å². The predicted octanol–water partition coefficient (Wildman–Crippen LogP) is 4.46. The van der Waals surface area contributed by atoms with Crippen molar-refractivity contribution in [2.45, 2.75) is 51.1 Å². The summed E-state index contributed by atoms with van der Waals surface area (Å²) in [5.41, 5.74) is 3.71. The van der Waals surface area contributed by atoms with E-state index in [1.807, 2.05) is 56.7 Å². The number of hydrogen-bond donors (Lipinski definition) is 2. The maximum atomic E-state index is 13.1. The Morgan fingerprint density at radius 1 is 0.973 bits per heavy atom. The molecule has 0 radical (unpaired) electrons. The number of anilines is 2. The van der Waals surface area contributed by atoms with Gasteiger partial charge in [-0.1, -0.05) is 19.3 Å². The van der Waals surface area contributed by atoms with Crippen LogP contribution in [0, 0.1) is 0 Å². The number of benzene rings is 1. The molecule has 1 aliphatic carbocycles. The zero-order chi connectivity index (χ0) is 25.0. The third kappa shape index (κ3) is 5.37. The van der Waals surface area contributed by atoms with E-state index in [1.165, 1.54) is 19.3 Å². The molecule has 10 nitrogen and oxygen atoms in total. The molecule has 2 N–H and O–H groups in total. The van der Waals surface area contributed by atoms with E-state index in [2.05, 4.69) is 20.7 Å². The van der Waals surface area contributed by atoms with Gasteiger partial charge in [0.25, 0.3) is 0 Å². The summed E-state index contributed by atoms with van der Waals surface area (Å²) in [6.45, 7) is 2.27. The number of urea groups is 1. The van der Waals surface area contributed by atoms with Crippen LogP contribution in [0.3, 0.4) is 0 Å². The summed E-state index contributed by atoms with van der Waals surface area (Å²) in [4.78, 5) is 19.5. The molecule has 192 valence electrons. The molecule has 1 fully saturated rings. The quantitative estimate of drug-likeness (QED) is 0.400. The first-order valence-corrected chi connectivity index (χ1v) is 13.1. The summed E-state index contributed by atoms with van der Waals surface area (Å²) in [6.07, 6.45) is 12.0. The number of amides is 2. The van der Waals surface area contributed by atoms with Crippen LogP contribution in [0.1, 0.15) is 38.5 Å². The molecule has 0 unspecified atom stereocenters. The average Bonchev–Trinajstić information content (AvgIpc) is 3.55. The molecule has 6 bridgehead atoms. The van der Waals surface area contributed by atoms with E-state index < -0.39 is 0 Å². The van der Waals surface area contributed by atoms with E-state index in [0.717, 1.165) is 47.5 Å². The van der Waals surface area contributed by atoms with Crippen molar-refractivity contribution in [1.29, 1.82) is 0 Å². The number of aromatic nitrogens is 5. The predicted molar refractivity (Wildman–Crippen MR) is 141 cm³/mol. The number of ether oxygens (including phenoxy) is 1. The fourth-order valence-electron chi connectivity index (χ4n) is 5.10. The number of fused-ring (bicyclic) bond motifs is 8. The summed E-state index contributed by atoms with van der Waals surface area (Å²) in [6, 6.07) is 12.3. The number of aryl methyl sites for hydroxylation is 1. The zero-order valence-electron chi connectivity index (χ0n) is 20.8. The van der Waals surface area contributed by atoms with Gasteiger partial charge in [0, 0.05) is 30.9 Å². The molecular weight excluding hydrogens is 468 g/mol. The van der Waals surface area contributed by atoms with Gasteiger partial charge < -0.3 is 20.3 Å². The normalized spacial score (nSPS) is 17.0. The van der Waals surface area contributed by atoms with E-state index in [9.17, 15) is 4.79 Å². The highest BCUT2D eigenvalue weighted by Crippen LogP contribution is 2.25. The van der Waals surface area contributed by atoms with Gasteiger partial charge >= 0.3 is 6.03 Å². The molecule has 1 aromatic carbocycles. The Bertz CT molecular complexity index is 1360. The first-order valence-electron chi connectivity index (χ1n) is 13.1. The Balaban J connectivity index is 1.24. The van der Waals surface area contributed by atoms with E-state index in [4.69, 9.17) is 9.84 Å². The maximum Gasteiger partial charge on any atom is 0.317 e.